The summed E-state index contributed by atoms with van der Waals surface area (Å²) in [5, 5.41) is 3.38. The van der Waals surface area contributed by atoms with Crippen molar-refractivity contribution >= 4 is 0 Å². The van der Waals surface area contributed by atoms with Crippen LogP contribution in [0.5, 0.6) is 0 Å². The molecule has 2 nitrogen and oxygen atoms in total. The van der Waals surface area contributed by atoms with E-state index in [2.05, 4.69) is 56.9 Å². The molecule has 0 aliphatic rings. The van der Waals surface area contributed by atoms with Gasteiger partial charge in [0.05, 0.1) is 13.2 Å². The van der Waals surface area contributed by atoms with Crippen molar-refractivity contribution in [3.8, 4) is 0 Å². The van der Waals surface area contributed by atoms with Gasteiger partial charge in [0.2, 0.25) is 0 Å². The largest absolute Gasteiger partial charge is 0.376 e. The molecule has 0 heterocycles. The smallest absolute Gasteiger partial charge is 0.0672 e. The van der Waals surface area contributed by atoms with Crippen LogP contribution in [-0.4, -0.2) is 19.8 Å². The van der Waals surface area contributed by atoms with Gasteiger partial charge in [0.15, 0.2) is 0 Å². The third kappa shape index (κ3) is 6.55. The third-order valence-electron chi connectivity index (χ3n) is 2.92. The summed E-state index contributed by atoms with van der Waals surface area (Å²) >= 11 is 0. The zero-order valence-corrected chi connectivity index (χ0v) is 12.8. The van der Waals surface area contributed by atoms with Gasteiger partial charge >= 0.3 is 0 Å². The molecule has 0 radical (unpaired) electrons. The molecule has 0 aliphatic carbocycles. The summed E-state index contributed by atoms with van der Waals surface area (Å²) < 4.78 is 5.43. The lowest BCUT2D eigenvalue weighted by Crippen LogP contribution is -2.19. The van der Waals surface area contributed by atoms with Crippen LogP contribution in [-0.2, 0) is 16.7 Å². The zero-order chi connectivity index (χ0) is 14.3. The lowest BCUT2D eigenvalue weighted by Gasteiger charge is -2.19. The minimum atomic E-state index is 0.225. The maximum Gasteiger partial charge on any atom is 0.0672 e. The molecule has 1 aromatic rings. The summed E-state index contributed by atoms with van der Waals surface area (Å²) in [6, 6.07) is 8.83. The highest BCUT2D eigenvalue weighted by Crippen LogP contribution is 2.21. The van der Waals surface area contributed by atoms with Gasteiger partial charge in [-0.15, -0.1) is 0 Å². The Kier molecular flexibility index (Phi) is 6.26. The van der Waals surface area contributed by atoms with Crippen LogP contribution in [0.4, 0.5) is 0 Å². The fourth-order valence-electron chi connectivity index (χ4n) is 1.75. The Labute approximate surface area is 117 Å². The first-order valence-electron chi connectivity index (χ1n) is 6.92. The second kappa shape index (κ2) is 7.46. The highest BCUT2D eigenvalue weighted by Gasteiger charge is 2.12. The molecular formula is C17H27NO. The first kappa shape index (κ1) is 15.9. The van der Waals surface area contributed by atoms with Crippen LogP contribution in [0.15, 0.2) is 36.4 Å². The molecule has 1 rings (SSSR count). The topological polar surface area (TPSA) is 21.3 Å². The van der Waals surface area contributed by atoms with Gasteiger partial charge in [0, 0.05) is 13.1 Å². The number of hydrogen-bond acceptors (Lipinski definition) is 2. The van der Waals surface area contributed by atoms with Crippen molar-refractivity contribution in [3.05, 3.63) is 47.5 Å². The Hall–Kier alpha value is -1.12. The molecule has 0 fully saturated rings. The fraction of sp³-hybridized carbons (Fsp3) is 0.529. The summed E-state index contributed by atoms with van der Waals surface area (Å²) in [4.78, 5) is 0. The summed E-state index contributed by atoms with van der Waals surface area (Å²) in [7, 11) is 0. The van der Waals surface area contributed by atoms with Crippen molar-refractivity contribution in [1.29, 1.82) is 0 Å². The van der Waals surface area contributed by atoms with Crippen LogP contribution in [0.2, 0.25) is 0 Å². The van der Waals surface area contributed by atoms with Crippen molar-refractivity contribution in [1.82, 2.24) is 5.32 Å². The minimum Gasteiger partial charge on any atom is -0.376 e. The lowest BCUT2D eigenvalue weighted by atomic mass is 9.87. The number of rotatable bonds is 7. The summed E-state index contributed by atoms with van der Waals surface area (Å²) in [6.45, 7) is 15.6. The van der Waals surface area contributed by atoms with Gasteiger partial charge in [-0.05, 0) is 23.5 Å². The highest BCUT2D eigenvalue weighted by atomic mass is 16.5. The van der Waals surface area contributed by atoms with E-state index in [4.69, 9.17) is 4.74 Å². The fourth-order valence-corrected chi connectivity index (χ4v) is 1.75. The van der Waals surface area contributed by atoms with Gasteiger partial charge in [-0.3, -0.25) is 0 Å². The van der Waals surface area contributed by atoms with E-state index in [1.807, 2.05) is 6.92 Å². The van der Waals surface area contributed by atoms with Crippen LogP contribution < -0.4 is 5.32 Å². The van der Waals surface area contributed by atoms with E-state index < -0.39 is 0 Å². The van der Waals surface area contributed by atoms with Crippen LogP contribution >= 0.6 is 0 Å². The van der Waals surface area contributed by atoms with Gasteiger partial charge in [0.1, 0.15) is 0 Å². The molecule has 0 aliphatic heterocycles. The molecule has 0 amide bonds. The van der Waals surface area contributed by atoms with Gasteiger partial charge in [-0.25, -0.2) is 0 Å². The van der Waals surface area contributed by atoms with Gasteiger partial charge in [-0.2, -0.15) is 0 Å². The van der Waals surface area contributed by atoms with Crippen LogP contribution in [0.1, 0.15) is 38.8 Å². The predicted octanol–water partition coefficient (Wildman–Crippen LogP) is 3.67. The van der Waals surface area contributed by atoms with Crippen molar-refractivity contribution in [2.45, 2.75) is 39.7 Å². The molecule has 1 aromatic carbocycles. The SMILES string of the molecule is C=C(C)COCCNCc1ccc(C(C)(C)C)cc1. The summed E-state index contributed by atoms with van der Waals surface area (Å²) in [5.41, 5.74) is 3.98. The monoisotopic (exact) mass is 261 g/mol. The first-order valence-corrected chi connectivity index (χ1v) is 6.92. The molecule has 0 saturated heterocycles. The molecular weight excluding hydrogens is 234 g/mol. The highest BCUT2D eigenvalue weighted by molar-refractivity contribution is 5.27. The number of hydrogen-bond donors (Lipinski definition) is 1. The van der Waals surface area contributed by atoms with Crippen molar-refractivity contribution in [2.75, 3.05) is 19.8 Å². The van der Waals surface area contributed by atoms with E-state index in [1.165, 1.54) is 11.1 Å². The molecule has 0 aromatic heterocycles. The van der Waals surface area contributed by atoms with E-state index in [9.17, 15) is 0 Å². The minimum absolute atomic E-state index is 0.225. The van der Waals surface area contributed by atoms with Crippen molar-refractivity contribution in [2.24, 2.45) is 0 Å². The standard InChI is InChI=1S/C17H27NO/c1-14(2)13-19-11-10-18-12-15-6-8-16(9-7-15)17(3,4)5/h6-9,18H,1,10-13H2,2-5H3. The molecule has 1 N–H and O–H groups in total. The molecule has 0 saturated carbocycles. The van der Waals surface area contributed by atoms with Gasteiger partial charge in [0.25, 0.3) is 0 Å². The van der Waals surface area contributed by atoms with Gasteiger partial charge < -0.3 is 10.1 Å². The molecule has 106 valence electrons. The Morgan fingerprint density at radius 2 is 1.84 bits per heavy atom. The van der Waals surface area contributed by atoms with Crippen LogP contribution in [0, 0.1) is 0 Å². The van der Waals surface area contributed by atoms with E-state index in [1.54, 1.807) is 0 Å². The average molecular weight is 261 g/mol. The van der Waals surface area contributed by atoms with E-state index in [-0.39, 0.29) is 5.41 Å². The lowest BCUT2D eigenvalue weighted by molar-refractivity contribution is 0.158. The predicted molar refractivity (Wildman–Crippen MR) is 82.5 cm³/mol. The first-order chi connectivity index (χ1) is 8.89. The number of ether oxygens (including phenoxy) is 1. The Morgan fingerprint density at radius 1 is 1.21 bits per heavy atom. The Morgan fingerprint density at radius 3 is 2.37 bits per heavy atom. The van der Waals surface area contributed by atoms with E-state index in [0.29, 0.717) is 6.61 Å². The second-order valence-electron chi connectivity index (χ2n) is 6.13. The molecule has 0 bridgehead atoms. The molecule has 0 spiro atoms. The molecule has 0 unspecified atom stereocenters. The summed E-state index contributed by atoms with van der Waals surface area (Å²) in [6.07, 6.45) is 0. The van der Waals surface area contributed by atoms with Crippen LogP contribution in [0.25, 0.3) is 0 Å². The third-order valence-corrected chi connectivity index (χ3v) is 2.92. The van der Waals surface area contributed by atoms with E-state index >= 15 is 0 Å². The average Bonchev–Trinajstić information content (AvgIpc) is 2.32. The van der Waals surface area contributed by atoms with Gasteiger partial charge in [-0.1, -0.05) is 57.2 Å². The normalized spacial score (nSPS) is 11.6. The Balaban J connectivity index is 2.25. The second-order valence-corrected chi connectivity index (χ2v) is 6.13. The zero-order valence-electron chi connectivity index (χ0n) is 12.8. The van der Waals surface area contributed by atoms with E-state index in [0.717, 1.165) is 25.3 Å². The van der Waals surface area contributed by atoms with Crippen LogP contribution in [0.3, 0.4) is 0 Å². The molecule has 19 heavy (non-hydrogen) atoms. The molecule has 2 heteroatoms. The quantitative estimate of drug-likeness (QED) is 0.597. The van der Waals surface area contributed by atoms with Crippen molar-refractivity contribution in [3.63, 3.8) is 0 Å². The maximum absolute atomic E-state index is 5.43. The Bertz CT molecular complexity index is 387. The molecule has 0 atom stereocenters. The maximum atomic E-state index is 5.43. The number of nitrogens with one attached hydrogen (secondary N) is 1. The number of benzene rings is 1. The van der Waals surface area contributed by atoms with Crippen molar-refractivity contribution < 1.29 is 4.74 Å². The summed E-state index contributed by atoms with van der Waals surface area (Å²) in [5.74, 6) is 0.